The third-order valence-corrected chi connectivity index (χ3v) is 6.25. The van der Waals surface area contributed by atoms with Crippen LogP contribution in [-0.2, 0) is 5.54 Å². The Bertz CT molecular complexity index is 1210. The van der Waals surface area contributed by atoms with E-state index >= 15 is 0 Å². The molecule has 1 fully saturated rings. The highest BCUT2D eigenvalue weighted by molar-refractivity contribution is 5.80. The molecule has 0 aliphatic carbocycles. The molecule has 2 aromatic heterocycles. The normalized spacial score (nSPS) is 18.3. The van der Waals surface area contributed by atoms with Crippen LogP contribution in [-0.4, -0.2) is 52.8 Å². The molecule has 4 aromatic rings. The zero-order valence-corrected chi connectivity index (χ0v) is 18.6. The highest BCUT2D eigenvalue weighted by atomic mass is 16.5. The van der Waals surface area contributed by atoms with Crippen molar-refractivity contribution in [2.24, 2.45) is 0 Å². The lowest BCUT2D eigenvalue weighted by Crippen LogP contribution is -2.40. The topological polar surface area (TPSA) is 90.3 Å². The first kappa shape index (κ1) is 20.2. The van der Waals surface area contributed by atoms with Crippen molar-refractivity contribution >= 4 is 16.7 Å². The number of nitrogens with zero attached hydrogens (tertiary/aromatic N) is 5. The molecule has 9 nitrogen and oxygen atoms in total. The Morgan fingerprint density at radius 3 is 2.41 bits per heavy atom. The van der Waals surface area contributed by atoms with Crippen LogP contribution < -0.4 is 19.1 Å². The van der Waals surface area contributed by atoms with E-state index in [-0.39, 0.29) is 5.54 Å². The number of aromatic nitrogens is 5. The number of imidazole rings is 1. The number of ether oxygens (including phenoxy) is 3. The second kappa shape index (κ2) is 7.74. The van der Waals surface area contributed by atoms with Crippen molar-refractivity contribution in [3.05, 3.63) is 48.5 Å². The Balaban J connectivity index is 1.63. The third kappa shape index (κ3) is 3.12. The van der Waals surface area contributed by atoms with Crippen molar-refractivity contribution in [3.63, 3.8) is 0 Å². The second-order valence-corrected chi connectivity index (χ2v) is 8.01. The summed E-state index contributed by atoms with van der Waals surface area (Å²) in [5.41, 5.74) is 3.28. The molecule has 0 radical (unpaired) electrons. The van der Waals surface area contributed by atoms with Crippen LogP contribution >= 0.6 is 0 Å². The van der Waals surface area contributed by atoms with Gasteiger partial charge < -0.3 is 24.1 Å². The zero-order valence-electron chi connectivity index (χ0n) is 18.6. The van der Waals surface area contributed by atoms with E-state index in [1.807, 2.05) is 30.3 Å². The van der Waals surface area contributed by atoms with Crippen LogP contribution in [0.4, 0.5) is 5.69 Å². The number of benzene rings is 2. The molecule has 32 heavy (non-hydrogen) atoms. The molecule has 1 atom stereocenters. The molecule has 0 saturated carbocycles. The number of anilines is 1. The minimum atomic E-state index is -0.353. The number of fused-ring (bicyclic) bond motifs is 1. The Hall–Kier alpha value is -3.75. The van der Waals surface area contributed by atoms with E-state index < -0.39 is 0 Å². The van der Waals surface area contributed by atoms with E-state index in [0.29, 0.717) is 11.5 Å². The fourth-order valence-electron chi connectivity index (χ4n) is 4.54. The third-order valence-electron chi connectivity index (χ3n) is 6.25. The predicted molar refractivity (Wildman–Crippen MR) is 121 cm³/mol. The van der Waals surface area contributed by atoms with Crippen LogP contribution in [0.2, 0.25) is 0 Å². The van der Waals surface area contributed by atoms with Gasteiger partial charge in [-0.1, -0.05) is 0 Å². The summed E-state index contributed by atoms with van der Waals surface area (Å²) in [5, 5.41) is 8.71. The maximum Gasteiger partial charge on any atom is 0.163 e. The Morgan fingerprint density at radius 1 is 0.938 bits per heavy atom. The summed E-state index contributed by atoms with van der Waals surface area (Å²) in [5.74, 6) is 3.00. The standard InChI is InChI=1S/C23H26N6O3/c1-23(22-26-16-13-20(31-3)21(32-4)14-17(16)27-22)8-5-11-28(23)19-12-15(30-2)6-7-18(19)29-24-9-10-25-29/h6-7,9-10,12-14H,5,8,11H2,1-4H3,(H,26,27)/t23-/m0/s1. The van der Waals surface area contributed by atoms with E-state index in [1.54, 1.807) is 38.5 Å². The van der Waals surface area contributed by atoms with Gasteiger partial charge in [-0.25, -0.2) is 4.98 Å². The molecular weight excluding hydrogens is 408 g/mol. The molecule has 3 heterocycles. The predicted octanol–water partition coefficient (Wildman–Crippen LogP) is 3.69. The smallest absolute Gasteiger partial charge is 0.163 e. The van der Waals surface area contributed by atoms with E-state index in [0.717, 1.165) is 53.4 Å². The van der Waals surface area contributed by atoms with Crippen molar-refractivity contribution in [3.8, 4) is 22.9 Å². The zero-order chi connectivity index (χ0) is 22.3. The average Bonchev–Trinajstić information content (AvgIpc) is 3.57. The van der Waals surface area contributed by atoms with Gasteiger partial charge >= 0.3 is 0 Å². The van der Waals surface area contributed by atoms with Crippen LogP contribution in [0.15, 0.2) is 42.7 Å². The Morgan fingerprint density at radius 2 is 1.69 bits per heavy atom. The molecule has 1 aliphatic rings. The molecule has 1 aliphatic heterocycles. The van der Waals surface area contributed by atoms with Gasteiger partial charge in [0.05, 0.1) is 56.0 Å². The quantitative estimate of drug-likeness (QED) is 0.495. The van der Waals surface area contributed by atoms with Gasteiger partial charge in [0.1, 0.15) is 17.3 Å². The summed E-state index contributed by atoms with van der Waals surface area (Å²) < 4.78 is 16.5. The summed E-state index contributed by atoms with van der Waals surface area (Å²) in [4.78, 5) is 12.5. The van der Waals surface area contributed by atoms with Crippen LogP contribution in [0.1, 0.15) is 25.6 Å². The van der Waals surface area contributed by atoms with Crippen molar-refractivity contribution in [1.29, 1.82) is 0 Å². The maximum atomic E-state index is 5.53. The van der Waals surface area contributed by atoms with Gasteiger partial charge in [0, 0.05) is 24.7 Å². The van der Waals surface area contributed by atoms with Gasteiger partial charge in [0.15, 0.2) is 11.5 Å². The molecule has 9 heteroatoms. The number of H-pyrrole nitrogens is 1. The molecule has 0 unspecified atom stereocenters. The summed E-state index contributed by atoms with van der Waals surface area (Å²) in [6, 6.07) is 9.78. The second-order valence-electron chi connectivity index (χ2n) is 8.01. The van der Waals surface area contributed by atoms with Crippen molar-refractivity contribution < 1.29 is 14.2 Å². The first-order chi connectivity index (χ1) is 15.6. The summed E-state index contributed by atoms with van der Waals surface area (Å²) in [6.45, 7) is 3.09. The lowest BCUT2D eigenvalue weighted by molar-refractivity contribution is 0.356. The van der Waals surface area contributed by atoms with Gasteiger partial charge in [-0.2, -0.15) is 10.2 Å². The Labute approximate surface area is 185 Å². The lowest BCUT2D eigenvalue weighted by Gasteiger charge is -2.36. The van der Waals surface area contributed by atoms with Gasteiger partial charge in [-0.3, -0.25) is 0 Å². The number of aromatic amines is 1. The van der Waals surface area contributed by atoms with Crippen molar-refractivity contribution in [1.82, 2.24) is 25.0 Å². The number of nitrogens with one attached hydrogen (secondary N) is 1. The van der Waals surface area contributed by atoms with E-state index in [1.165, 1.54) is 0 Å². The molecule has 0 spiro atoms. The summed E-state index contributed by atoms with van der Waals surface area (Å²) in [6.07, 6.45) is 5.34. The van der Waals surface area contributed by atoms with Gasteiger partial charge in [0.2, 0.25) is 0 Å². The first-order valence-electron chi connectivity index (χ1n) is 10.5. The Kier molecular flexibility index (Phi) is 4.88. The lowest BCUT2D eigenvalue weighted by atomic mass is 9.97. The molecule has 5 rings (SSSR count). The van der Waals surface area contributed by atoms with Crippen molar-refractivity contribution in [2.75, 3.05) is 32.8 Å². The van der Waals surface area contributed by atoms with Gasteiger partial charge in [-0.05, 0) is 31.9 Å². The van der Waals surface area contributed by atoms with E-state index in [2.05, 4.69) is 27.0 Å². The minimum absolute atomic E-state index is 0.353. The average molecular weight is 435 g/mol. The SMILES string of the molecule is COc1ccc(-n2nccn2)c(N2CCC[C@@]2(C)c2nc3cc(OC)c(OC)cc3[nH]2)c1. The van der Waals surface area contributed by atoms with Crippen LogP contribution in [0.25, 0.3) is 16.7 Å². The number of hydrogen-bond donors (Lipinski definition) is 1. The highest BCUT2D eigenvalue weighted by Gasteiger charge is 2.42. The molecule has 166 valence electrons. The van der Waals surface area contributed by atoms with E-state index in [4.69, 9.17) is 19.2 Å². The maximum absolute atomic E-state index is 5.53. The van der Waals surface area contributed by atoms with Gasteiger partial charge in [-0.15, -0.1) is 4.80 Å². The fraction of sp³-hybridized carbons (Fsp3) is 0.348. The largest absolute Gasteiger partial charge is 0.497 e. The molecule has 1 N–H and O–H groups in total. The highest BCUT2D eigenvalue weighted by Crippen LogP contribution is 2.44. The summed E-state index contributed by atoms with van der Waals surface area (Å²) >= 11 is 0. The fourth-order valence-corrected chi connectivity index (χ4v) is 4.54. The number of rotatable bonds is 6. The van der Waals surface area contributed by atoms with Crippen LogP contribution in [0.3, 0.4) is 0 Å². The van der Waals surface area contributed by atoms with Crippen LogP contribution in [0.5, 0.6) is 17.2 Å². The van der Waals surface area contributed by atoms with Crippen LogP contribution in [0, 0.1) is 0 Å². The van der Waals surface area contributed by atoms with E-state index in [9.17, 15) is 0 Å². The number of methoxy groups -OCH3 is 3. The summed E-state index contributed by atoms with van der Waals surface area (Å²) in [7, 11) is 4.94. The molecule has 0 bridgehead atoms. The van der Waals surface area contributed by atoms with Crippen molar-refractivity contribution in [2.45, 2.75) is 25.3 Å². The monoisotopic (exact) mass is 434 g/mol. The van der Waals surface area contributed by atoms with Gasteiger partial charge in [0.25, 0.3) is 0 Å². The molecule has 1 saturated heterocycles. The molecule has 2 aromatic carbocycles. The number of hydrogen-bond acceptors (Lipinski definition) is 7. The first-order valence-corrected chi connectivity index (χ1v) is 10.5. The molecular formula is C23H26N6O3. The minimum Gasteiger partial charge on any atom is -0.497 e. The molecule has 0 amide bonds.